The Hall–Kier alpha value is -4.19. The minimum absolute atomic E-state index is 0.0808. The number of hydrazone groups is 1. The van der Waals surface area contributed by atoms with Crippen LogP contribution in [0.25, 0.3) is 10.8 Å². The first-order valence-corrected chi connectivity index (χ1v) is 13.6. The van der Waals surface area contributed by atoms with Crippen molar-refractivity contribution in [3.05, 3.63) is 89.0 Å². The molecule has 2 aliphatic carbocycles. The van der Waals surface area contributed by atoms with Crippen molar-refractivity contribution < 1.29 is 31.1 Å². The maximum absolute atomic E-state index is 14.2. The van der Waals surface area contributed by atoms with Gasteiger partial charge in [-0.05, 0) is 54.0 Å². The highest BCUT2D eigenvalue weighted by Crippen LogP contribution is 2.48. The number of hydrogen-bond donors (Lipinski definition) is 1. The minimum Gasteiger partial charge on any atom is -0.406 e. The van der Waals surface area contributed by atoms with Crippen LogP contribution < -0.4 is 14.5 Å². The minimum atomic E-state index is -4.85. The zero-order chi connectivity index (χ0) is 27.4. The van der Waals surface area contributed by atoms with Gasteiger partial charge in [-0.3, -0.25) is 4.79 Å². The van der Waals surface area contributed by atoms with Gasteiger partial charge in [0.05, 0.1) is 17.2 Å². The van der Waals surface area contributed by atoms with E-state index < -0.39 is 28.1 Å². The molecular formula is C27H21F3N4O4S. The Balaban J connectivity index is 1.45. The quantitative estimate of drug-likeness (QED) is 0.448. The van der Waals surface area contributed by atoms with Crippen LogP contribution in [0.2, 0.25) is 0 Å². The molecule has 8 nitrogen and oxygen atoms in total. The van der Waals surface area contributed by atoms with Crippen molar-refractivity contribution >= 4 is 38.2 Å². The molecule has 1 amide bonds. The van der Waals surface area contributed by atoms with Gasteiger partial charge in [0.15, 0.2) is 0 Å². The first-order chi connectivity index (χ1) is 18.6. The van der Waals surface area contributed by atoms with Gasteiger partial charge in [-0.2, -0.15) is 5.10 Å². The van der Waals surface area contributed by atoms with Crippen LogP contribution >= 0.6 is 0 Å². The van der Waals surface area contributed by atoms with Gasteiger partial charge in [0.2, 0.25) is 0 Å². The molecule has 0 spiro atoms. The van der Waals surface area contributed by atoms with E-state index in [1.807, 2.05) is 24.3 Å². The lowest BCUT2D eigenvalue weighted by Gasteiger charge is -2.28. The van der Waals surface area contributed by atoms with Crippen LogP contribution in [0.1, 0.15) is 29.9 Å². The van der Waals surface area contributed by atoms with Crippen LogP contribution in [0.3, 0.4) is 0 Å². The van der Waals surface area contributed by atoms with Gasteiger partial charge >= 0.3 is 6.36 Å². The van der Waals surface area contributed by atoms with Gasteiger partial charge in [-0.15, -0.1) is 13.2 Å². The molecule has 3 aromatic rings. The van der Waals surface area contributed by atoms with E-state index in [1.165, 1.54) is 34.7 Å². The van der Waals surface area contributed by atoms with E-state index in [0.717, 1.165) is 41.3 Å². The molecule has 1 aliphatic heterocycles. The number of fused-ring (bicyclic) bond motifs is 2. The predicted molar refractivity (Wildman–Crippen MR) is 138 cm³/mol. The molecule has 1 fully saturated rings. The SMILES string of the molecule is O=C1NN=C2C=C(S(=O)(=O)N(Cc3ccc(OC(F)(F)F)cc3)c3ncc4ccccc4c3C3CC3)C=CC12. The number of nitrogens with zero attached hydrogens (tertiary/aromatic N) is 3. The molecule has 1 aromatic heterocycles. The van der Waals surface area contributed by atoms with E-state index in [1.54, 1.807) is 6.20 Å². The molecule has 0 radical (unpaired) electrons. The van der Waals surface area contributed by atoms with Crippen LogP contribution in [0.5, 0.6) is 5.75 Å². The van der Waals surface area contributed by atoms with Crippen molar-refractivity contribution in [3.8, 4) is 5.75 Å². The van der Waals surface area contributed by atoms with E-state index in [9.17, 15) is 26.4 Å². The van der Waals surface area contributed by atoms with Gasteiger partial charge in [0.1, 0.15) is 17.5 Å². The number of amides is 1. The summed E-state index contributed by atoms with van der Waals surface area (Å²) < 4.78 is 71.4. The first-order valence-electron chi connectivity index (χ1n) is 12.1. The number of benzene rings is 2. The van der Waals surface area contributed by atoms with Gasteiger partial charge in [0.25, 0.3) is 15.9 Å². The third kappa shape index (κ3) is 4.87. The Morgan fingerprint density at radius 2 is 1.82 bits per heavy atom. The number of ether oxygens (including phenoxy) is 1. The normalized spacial score (nSPS) is 18.8. The summed E-state index contributed by atoms with van der Waals surface area (Å²) in [6.45, 7) is -0.196. The fourth-order valence-corrected chi connectivity index (χ4v) is 6.23. The van der Waals surface area contributed by atoms with Crippen molar-refractivity contribution in [2.24, 2.45) is 11.0 Å². The van der Waals surface area contributed by atoms with Crippen molar-refractivity contribution in [1.82, 2.24) is 10.4 Å². The molecule has 1 unspecified atom stereocenters. The van der Waals surface area contributed by atoms with Crippen molar-refractivity contribution in [2.75, 3.05) is 4.31 Å². The lowest BCUT2D eigenvalue weighted by Crippen LogP contribution is -2.34. The van der Waals surface area contributed by atoms with E-state index in [-0.39, 0.29) is 34.8 Å². The van der Waals surface area contributed by atoms with Gasteiger partial charge < -0.3 is 4.74 Å². The molecule has 39 heavy (non-hydrogen) atoms. The maximum Gasteiger partial charge on any atom is 0.573 e. The number of carbonyl (C=O) groups excluding carboxylic acids is 1. The molecule has 3 aliphatic rings. The van der Waals surface area contributed by atoms with Crippen LogP contribution in [0.4, 0.5) is 19.0 Å². The number of aromatic nitrogens is 1. The number of alkyl halides is 3. The zero-order valence-corrected chi connectivity index (χ0v) is 21.0. The number of allylic oxidation sites excluding steroid dienone is 2. The van der Waals surface area contributed by atoms with Crippen molar-refractivity contribution in [3.63, 3.8) is 0 Å². The number of nitrogens with one attached hydrogen (secondary N) is 1. The Morgan fingerprint density at radius 3 is 2.54 bits per heavy atom. The summed E-state index contributed by atoms with van der Waals surface area (Å²) in [6, 6.07) is 12.6. The lowest BCUT2D eigenvalue weighted by atomic mass is 9.99. The van der Waals surface area contributed by atoms with Crippen molar-refractivity contribution in [1.29, 1.82) is 0 Å². The average Bonchev–Trinajstić information content (AvgIpc) is 3.68. The number of sulfonamides is 1. The molecule has 2 aromatic carbocycles. The summed E-state index contributed by atoms with van der Waals surface area (Å²) in [7, 11) is -4.25. The molecule has 2 heterocycles. The summed E-state index contributed by atoms with van der Waals surface area (Å²) in [5.74, 6) is -1.05. The van der Waals surface area contributed by atoms with Crippen LogP contribution in [0, 0.1) is 5.92 Å². The number of rotatable bonds is 7. The van der Waals surface area contributed by atoms with E-state index >= 15 is 0 Å². The number of halogens is 3. The van der Waals surface area contributed by atoms with Crippen LogP contribution in [-0.2, 0) is 21.4 Å². The maximum atomic E-state index is 14.2. The van der Waals surface area contributed by atoms with Gasteiger partial charge in [0, 0.05) is 17.1 Å². The molecule has 12 heteroatoms. The second-order valence-corrected chi connectivity index (χ2v) is 11.3. The molecule has 0 saturated heterocycles. The highest BCUT2D eigenvalue weighted by molar-refractivity contribution is 7.96. The second-order valence-electron chi connectivity index (χ2n) is 9.46. The second kappa shape index (κ2) is 9.23. The highest BCUT2D eigenvalue weighted by Gasteiger charge is 2.38. The molecular weight excluding hydrogens is 533 g/mol. The summed E-state index contributed by atoms with van der Waals surface area (Å²) in [5.41, 5.74) is 3.87. The van der Waals surface area contributed by atoms with Gasteiger partial charge in [-0.25, -0.2) is 23.1 Å². The molecule has 1 N–H and O–H groups in total. The van der Waals surface area contributed by atoms with E-state index in [4.69, 9.17) is 0 Å². The summed E-state index contributed by atoms with van der Waals surface area (Å²) in [5, 5.41) is 5.70. The molecule has 1 saturated carbocycles. The number of anilines is 1. The molecule has 1 atom stereocenters. The Morgan fingerprint density at radius 1 is 1.08 bits per heavy atom. The zero-order valence-electron chi connectivity index (χ0n) is 20.2. The summed E-state index contributed by atoms with van der Waals surface area (Å²) in [6.07, 6.45) is 2.74. The molecule has 6 rings (SSSR count). The Bertz CT molecular complexity index is 1680. The van der Waals surface area contributed by atoms with Crippen molar-refractivity contribution in [2.45, 2.75) is 31.7 Å². The van der Waals surface area contributed by atoms with Crippen LogP contribution in [-0.4, -0.2) is 31.4 Å². The van der Waals surface area contributed by atoms with Crippen LogP contribution in [0.15, 0.2) is 83.0 Å². The van der Waals surface area contributed by atoms with Gasteiger partial charge in [-0.1, -0.05) is 42.5 Å². The highest BCUT2D eigenvalue weighted by atomic mass is 32.2. The van der Waals surface area contributed by atoms with E-state index in [2.05, 4.69) is 20.2 Å². The topological polar surface area (TPSA) is 101 Å². The predicted octanol–water partition coefficient (Wildman–Crippen LogP) is 4.90. The Kier molecular flexibility index (Phi) is 5.94. The number of carbonyl (C=O) groups is 1. The molecule has 0 bridgehead atoms. The summed E-state index contributed by atoms with van der Waals surface area (Å²) in [4.78, 5) is 16.5. The fraction of sp³-hybridized carbons (Fsp3) is 0.222. The molecule has 200 valence electrons. The number of hydrogen-bond acceptors (Lipinski definition) is 6. The fourth-order valence-electron chi connectivity index (χ4n) is 4.76. The van der Waals surface area contributed by atoms with E-state index in [0.29, 0.717) is 5.56 Å². The third-order valence-corrected chi connectivity index (χ3v) is 8.48. The standard InChI is InChI=1S/C27H21F3N4O4S/c28-27(29,30)38-19-9-5-16(6-10-19)15-34(39(36,37)20-11-12-22-23(13-20)32-33-26(22)35)25-24(17-7-8-17)21-4-2-1-3-18(21)14-31-25/h1-6,9-14,17,22H,7-8,15H2,(H,33,35). The third-order valence-electron chi connectivity index (χ3n) is 6.75. The largest absolute Gasteiger partial charge is 0.573 e. The Labute approximate surface area is 221 Å². The lowest BCUT2D eigenvalue weighted by molar-refractivity contribution is -0.274. The smallest absolute Gasteiger partial charge is 0.406 e. The monoisotopic (exact) mass is 554 g/mol. The summed E-state index contributed by atoms with van der Waals surface area (Å²) >= 11 is 0. The average molecular weight is 555 g/mol. The first kappa shape index (κ1) is 25.1. The number of pyridine rings is 1.